The molecule has 0 bridgehead atoms. The number of anilines is 1. The van der Waals surface area contributed by atoms with Gasteiger partial charge in [0.2, 0.25) is 11.5 Å². The van der Waals surface area contributed by atoms with Gasteiger partial charge in [0.1, 0.15) is 5.75 Å². The number of hydrogen-bond acceptors (Lipinski definition) is 6. The highest BCUT2D eigenvalue weighted by molar-refractivity contribution is 8.00. The molecule has 1 N–H and O–H groups in total. The highest BCUT2D eigenvalue weighted by Gasteiger charge is 2.41. The fourth-order valence-corrected chi connectivity index (χ4v) is 7.05. The van der Waals surface area contributed by atoms with Crippen molar-refractivity contribution in [2.45, 2.75) is 113 Å². The van der Waals surface area contributed by atoms with Crippen LogP contribution in [0.4, 0.5) is 18.3 Å². The Morgan fingerprint density at radius 3 is 2.11 bits per heavy atom. The number of alkyl halides is 4. The quantitative estimate of drug-likeness (QED) is 0.0372. The van der Waals surface area contributed by atoms with Crippen LogP contribution in [0.2, 0.25) is 0 Å². The number of carbonyl (C=O) groups excluding carboxylic acids is 2. The van der Waals surface area contributed by atoms with Gasteiger partial charge in [-0.05, 0) is 54.9 Å². The Hall–Kier alpha value is -2.56. The molecular formula is C35H44ClF3N2O3S2. The maximum atomic E-state index is 13.9. The topological polar surface area (TPSA) is 68.3 Å². The van der Waals surface area contributed by atoms with Crippen molar-refractivity contribution >= 4 is 51.5 Å². The van der Waals surface area contributed by atoms with Crippen molar-refractivity contribution in [2.24, 2.45) is 0 Å². The van der Waals surface area contributed by atoms with Crippen molar-refractivity contribution in [1.29, 1.82) is 0 Å². The monoisotopic (exact) mass is 696 g/mol. The number of thioether (sulfide) groups is 1. The minimum absolute atomic E-state index is 0.106. The van der Waals surface area contributed by atoms with Crippen LogP contribution in [0, 0.1) is 0 Å². The summed E-state index contributed by atoms with van der Waals surface area (Å²) in [6.07, 6.45) is 15.3. The number of hydrogen-bond donors (Lipinski definition) is 1. The fourth-order valence-electron chi connectivity index (χ4n) is 5.06. The zero-order chi connectivity index (χ0) is 33.4. The minimum atomic E-state index is -3.94. The maximum Gasteiger partial charge on any atom is 0.342 e. The van der Waals surface area contributed by atoms with E-state index in [0.717, 1.165) is 41.1 Å². The fraction of sp³-hybridized carbons (Fsp3) is 0.514. The van der Waals surface area contributed by atoms with E-state index >= 15 is 0 Å². The zero-order valence-corrected chi connectivity index (χ0v) is 29.0. The van der Waals surface area contributed by atoms with Gasteiger partial charge in [-0.25, -0.2) is 9.37 Å². The smallest absolute Gasteiger partial charge is 0.342 e. The molecule has 46 heavy (non-hydrogen) atoms. The van der Waals surface area contributed by atoms with E-state index in [1.165, 1.54) is 99.8 Å². The standard InChI is InChI=1S/C35H44ClF3N2O3S2/c1-3-4-5-6-7-8-9-10-11-12-13-14-19-30-32(25-20-22-26(44-2)23-21-25)41-34(45-30)40-31(43)24-28(42)27-17-15-16-18-29(27)46-35(38,39)33(36)37/h15-18,20-23,33H,3-14,19,24H2,1-2H3,(H,40,41,43). The summed E-state index contributed by atoms with van der Waals surface area (Å²) >= 11 is 6.21. The number of ether oxygens (including phenoxy) is 1. The molecule has 252 valence electrons. The van der Waals surface area contributed by atoms with Crippen LogP contribution in [-0.2, 0) is 11.2 Å². The first kappa shape index (κ1) is 37.9. The third-order valence-electron chi connectivity index (χ3n) is 7.57. The van der Waals surface area contributed by atoms with E-state index in [-0.39, 0.29) is 22.2 Å². The van der Waals surface area contributed by atoms with Crippen molar-refractivity contribution < 1.29 is 27.5 Å². The molecule has 0 fully saturated rings. The summed E-state index contributed by atoms with van der Waals surface area (Å²) in [5.74, 6) is -0.577. The molecule has 1 amide bonds. The van der Waals surface area contributed by atoms with E-state index in [2.05, 4.69) is 12.2 Å². The predicted molar refractivity (Wildman–Crippen MR) is 184 cm³/mol. The van der Waals surface area contributed by atoms with Gasteiger partial charge in [-0.15, -0.1) is 11.3 Å². The number of nitrogens with one attached hydrogen (secondary N) is 1. The van der Waals surface area contributed by atoms with Crippen LogP contribution in [0.25, 0.3) is 11.3 Å². The molecule has 1 atom stereocenters. The molecule has 0 aliphatic heterocycles. The highest BCUT2D eigenvalue weighted by atomic mass is 35.5. The zero-order valence-electron chi connectivity index (χ0n) is 26.6. The van der Waals surface area contributed by atoms with Gasteiger partial charge in [0.05, 0.1) is 19.2 Å². The summed E-state index contributed by atoms with van der Waals surface area (Å²) < 4.78 is 46.4. The number of amides is 1. The summed E-state index contributed by atoms with van der Waals surface area (Å²) in [4.78, 5) is 31.4. The number of nitrogens with zero attached hydrogens (tertiary/aromatic N) is 1. The van der Waals surface area contributed by atoms with E-state index in [1.807, 2.05) is 24.3 Å². The lowest BCUT2D eigenvalue weighted by atomic mass is 10.0. The molecule has 0 spiro atoms. The molecule has 1 unspecified atom stereocenters. The largest absolute Gasteiger partial charge is 0.497 e. The van der Waals surface area contributed by atoms with Crippen molar-refractivity contribution in [3.05, 3.63) is 59.0 Å². The van der Waals surface area contributed by atoms with Gasteiger partial charge in [0.25, 0.3) is 0 Å². The van der Waals surface area contributed by atoms with Crippen LogP contribution in [0.3, 0.4) is 0 Å². The van der Waals surface area contributed by atoms with Crippen LogP contribution in [0.1, 0.15) is 106 Å². The summed E-state index contributed by atoms with van der Waals surface area (Å²) in [5.41, 5.74) is -1.38. The second-order valence-corrected chi connectivity index (χ2v) is 13.9. The molecule has 3 rings (SSSR count). The van der Waals surface area contributed by atoms with Gasteiger partial charge >= 0.3 is 5.25 Å². The third kappa shape index (κ3) is 12.6. The molecule has 0 saturated carbocycles. The number of halogens is 4. The Labute approximate surface area is 284 Å². The number of benzene rings is 2. The number of aromatic nitrogens is 1. The van der Waals surface area contributed by atoms with E-state index in [0.29, 0.717) is 5.13 Å². The van der Waals surface area contributed by atoms with Gasteiger partial charge in [0, 0.05) is 20.9 Å². The van der Waals surface area contributed by atoms with Crippen molar-refractivity contribution in [1.82, 2.24) is 4.98 Å². The van der Waals surface area contributed by atoms with E-state index < -0.39 is 29.0 Å². The Balaban J connectivity index is 1.58. The normalized spacial score (nSPS) is 12.2. The van der Waals surface area contributed by atoms with Crippen LogP contribution >= 0.6 is 34.7 Å². The van der Waals surface area contributed by atoms with Crippen LogP contribution in [-0.4, -0.2) is 34.7 Å². The maximum absolute atomic E-state index is 13.9. The number of methoxy groups -OCH3 is 1. The van der Waals surface area contributed by atoms with E-state index in [9.17, 15) is 22.8 Å². The summed E-state index contributed by atoms with van der Waals surface area (Å²) in [6.45, 7) is 2.24. The number of thiazole rings is 1. The number of Topliss-reactive ketones (excluding diaryl/α,β-unsaturated/α-hetero) is 1. The number of aryl methyl sites for hydroxylation is 1. The lowest BCUT2D eigenvalue weighted by Crippen LogP contribution is -2.21. The highest BCUT2D eigenvalue weighted by Crippen LogP contribution is 2.42. The van der Waals surface area contributed by atoms with Crippen molar-refractivity contribution in [2.75, 3.05) is 12.4 Å². The Morgan fingerprint density at radius 1 is 0.935 bits per heavy atom. The number of rotatable bonds is 22. The van der Waals surface area contributed by atoms with Crippen molar-refractivity contribution in [3.63, 3.8) is 0 Å². The molecule has 1 heterocycles. The minimum Gasteiger partial charge on any atom is -0.497 e. The van der Waals surface area contributed by atoms with Crippen LogP contribution in [0.5, 0.6) is 5.75 Å². The molecule has 2 aromatic carbocycles. The number of carbonyl (C=O) groups is 2. The number of ketones is 1. The SMILES string of the molecule is CCCCCCCCCCCCCCc1sc(NC(=O)CC(=O)c2ccccc2SC(F)(F)C(F)Cl)nc1-c1ccc(OC)cc1. The lowest BCUT2D eigenvalue weighted by Gasteiger charge is -2.17. The molecule has 0 aliphatic carbocycles. The molecule has 3 aromatic rings. The molecule has 1 aromatic heterocycles. The van der Waals surface area contributed by atoms with E-state index in [4.69, 9.17) is 21.3 Å². The summed E-state index contributed by atoms with van der Waals surface area (Å²) in [6, 6.07) is 13.1. The van der Waals surface area contributed by atoms with Gasteiger partial charge in [-0.1, -0.05) is 107 Å². The Kier molecular flexibility index (Phi) is 16.4. The summed E-state index contributed by atoms with van der Waals surface area (Å²) in [7, 11) is 1.60. The first-order chi connectivity index (χ1) is 22.1. The average molecular weight is 697 g/mol. The molecular weight excluding hydrogens is 653 g/mol. The van der Waals surface area contributed by atoms with Crippen molar-refractivity contribution in [3.8, 4) is 17.0 Å². The summed E-state index contributed by atoms with van der Waals surface area (Å²) in [5, 5.41) is -0.871. The Morgan fingerprint density at radius 2 is 1.52 bits per heavy atom. The van der Waals surface area contributed by atoms with Gasteiger partial charge in [0.15, 0.2) is 10.9 Å². The first-order valence-electron chi connectivity index (χ1n) is 16.1. The Bertz CT molecular complexity index is 1370. The molecule has 0 saturated heterocycles. The predicted octanol–water partition coefficient (Wildman–Crippen LogP) is 11.5. The lowest BCUT2D eigenvalue weighted by molar-refractivity contribution is -0.115. The third-order valence-corrected chi connectivity index (χ3v) is 10.1. The molecule has 0 radical (unpaired) electrons. The molecule has 5 nitrogen and oxygen atoms in total. The molecule has 11 heteroatoms. The van der Waals surface area contributed by atoms with Gasteiger partial charge in [-0.2, -0.15) is 8.78 Å². The number of unbranched alkanes of at least 4 members (excludes halogenated alkanes) is 11. The van der Waals surface area contributed by atoms with Crippen LogP contribution in [0.15, 0.2) is 53.4 Å². The first-order valence-corrected chi connectivity index (χ1v) is 18.1. The van der Waals surface area contributed by atoms with Gasteiger partial charge < -0.3 is 10.1 Å². The van der Waals surface area contributed by atoms with Crippen LogP contribution < -0.4 is 10.1 Å². The van der Waals surface area contributed by atoms with E-state index in [1.54, 1.807) is 7.11 Å². The molecule has 0 aliphatic rings. The average Bonchev–Trinajstić information content (AvgIpc) is 3.43. The van der Waals surface area contributed by atoms with Gasteiger partial charge in [-0.3, -0.25) is 9.59 Å². The second kappa shape index (κ2) is 20.0. The second-order valence-electron chi connectivity index (χ2n) is 11.3.